The van der Waals surface area contributed by atoms with Crippen molar-refractivity contribution in [1.82, 2.24) is 14.8 Å². The van der Waals surface area contributed by atoms with Crippen molar-refractivity contribution < 1.29 is 5.11 Å². The molecule has 2 rings (SSSR count). The van der Waals surface area contributed by atoms with Crippen molar-refractivity contribution in [3.05, 3.63) is 12.7 Å². The van der Waals surface area contributed by atoms with Gasteiger partial charge in [-0.25, -0.2) is 4.98 Å². The molecule has 1 fully saturated rings. The molecule has 0 aliphatic heterocycles. The van der Waals surface area contributed by atoms with Crippen LogP contribution in [0.25, 0.3) is 0 Å². The van der Waals surface area contributed by atoms with Crippen LogP contribution >= 0.6 is 0 Å². The highest BCUT2D eigenvalue weighted by Gasteiger charge is 2.45. The highest BCUT2D eigenvalue weighted by Crippen LogP contribution is 2.44. The second-order valence-electron chi connectivity index (χ2n) is 5.22. The van der Waals surface area contributed by atoms with E-state index in [2.05, 4.69) is 23.9 Å². The van der Waals surface area contributed by atoms with Crippen LogP contribution in [0.5, 0.6) is 0 Å². The van der Waals surface area contributed by atoms with Crippen LogP contribution in [0.15, 0.2) is 12.7 Å². The lowest BCUT2D eigenvalue weighted by Gasteiger charge is -2.46. The monoisotopic (exact) mass is 209 g/mol. The molecule has 84 valence electrons. The van der Waals surface area contributed by atoms with Crippen LogP contribution in [0, 0.1) is 5.41 Å². The molecule has 1 heterocycles. The molecule has 1 atom stereocenters. The van der Waals surface area contributed by atoms with Crippen molar-refractivity contribution in [3.63, 3.8) is 0 Å². The van der Waals surface area contributed by atoms with Gasteiger partial charge in [-0.05, 0) is 18.3 Å². The maximum absolute atomic E-state index is 10.7. The van der Waals surface area contributed by atoms with Gasteiger partial charge in [0.1, 0.15) is 12.7 Å². The zero-order valence-corrected chi connectivity index (χ0v) is 9.48. The lowest BCUT2D eigenvalue weighted by atomic mass is 9.65. The first-order valence-corrected chi connectivity index (χ1v) is 5.58. The smallest absolute Gasteiger partial charge is 0.137 e. The van der Waals surface area contributed by atoms with E-state index in [-0.39, 0.29) is 5.41 Å². The summed E-state index contributed by atoms with van der Waals surface area (Å²) in [5.74, 6) is 0. The Bertz CT molecular complexity index is 321. The number of rotatable bonds is 2. The molecule has 1 aromatic rings. The summed E-state index contributed by atoms with van der Waals surface area (Å²) in [4.78, 5) is 3.91. The van der Waals surface area contributed by atoms with E-state index in [1.54, 1.807) is 11.0 Å². The van der Waals surface area contributed by atoms with Crippen LogP contribution in [0.3, 0.4) is 0 Å². The van der Waals surface area contributed by atoms with Crippen LogP contribution < -0.4 is 0 Å². The van der Waals surface area contributed by atoms with Gasteiger partial charge in [0.15, 0.2) is 0 Å². The third kappa shape index (κ3) is 1.91. The fraction of sp³-hybridized carbons (Fsp3) is 0.818. The van der Waals surface area contributed by atoms with Gasteiger partial charge in [0, 0.05) is 0 Å². The summed E-state index contributed by atoms with van der Waals surface area (Å²) in [6.45, 7) is 4.84. The van der Waals surface area contributed by atoms with Crippen molar-refractivity contribution in [2.24, 2.45) is 5.41 Å². The Morgan fingerprint density at radius 1 is 1.33 bits per heavy atom. The summed E-state index contributed by atoms with van der Waals surface area (Å²) in [5, 5.41) is 14.7. The fourth-order valence-electron chi connectivity index (χ4n) is 2.43. The SMILES string of the molecule is CC1(C)CCCCC1(O)Cn1cncn1. The maximum Gasteiger partial charge on any atom is 0.137 e. The molecule has 1 aliphatic rings. The van der Waals surface area contributed by atoms with Gasteiger partial charge in [0.2, 0.25) is 0 Å². The molecular formula is C11H19N3O. The summed E-state index contributed by atoms with van der Waals surface area (Å²) >= 11 is 0. The van der Waals surface area contributed by atoms with Crippen LogP contribution in [0.4, 0.5) is 0 Å². The van der Waals surface area contributed by atoms with Crippen LogP contribution in [-0.2, 0) is 6.54 Å². The van der Waals surface area contributed by atoms with Crippen molar-refractivity contribution in [3.8, 4) is 0 Å². The first kappa shape index (κ1) is 10.6. The maximum atomic E-state index is 10.7. The minimum atomic E-state index is -0.640. The fourth-order valence-corrected chi connectivity index (χ4v) is 2.43. The molecule has 0 aromatic carbocycles. The molecule has 4 heteroatoms. The number of nitrogens with zero attached hydrogens (tertiary/aromatic N) is 3. The van der Waals surface area contributed by atoms with Gasteiger partial charge in [-0.15, -0.1) is 0 Å². The molecule has 4 nitrogen and oxygen atoms in total. The first-order chi connectivity index (χ1) is 7.04. The van der Waals surface area contributed by atoms with Gasteiger partial charge < -0.3 is 5.11 Å². The minimum absolute atomic E-state index is 0.0306. The van der Waals surface area contributed by atoms with E-state index >= 15 is 0 Å². The normalized spacial score (nSPS) is 30.3. The second kappa shape index (κ2) is 3.59. The molecule has 1 saturated carbocycles. The Labute approximate surface area is 90.3 Å². The molecular weight excluding hydrogens is 190 g/mol. The van der Waals surface area contributed by atoms with Crippen LogP contribution in [0.2, 0.25) is 0 Å². The molecule has 1 aliphatic carbocycles. The first-order valence-electron chi connectivity index (χ1n) is 5.58. The average Bonchev–Trinajstić information content (AvgIpc) is 2.63. The van der Waals surface area contributed by atoms with Crippen LogP contribution in [0.1, 0.15) is 39.5 Å². The number of aromatic nitrogens is 3. The van der Waals surface area contributed by atoms with Gasteiger partial charge in [-0.3, -0.25) is 4.68 Å². The molecule has 0 bridgehead atoms. The lowest BCUT2D eigenvalue weighted by Crippen LogP contribution is -2.50. The number of aliphatic hydroxyl groups is 1. The summed E-state index contributed by atoms with van der Waals surface area (Å²) in [6, 6.07) is 0. The standard InChI is InChI=1S/C11H19N3O/c1-10(2)5-3-4-6-11(10,15)7-14-9-12-8-13-14/h8-9,15H,3-7H2,1-2H3. The molecule has 1 aromatic heterocycles. The van der Waals surface area contributed by atoms with E-state index in [1.807, 2.05) is 0 Å². The Morgan fingerprint density at radius 2 is 2.07 bits per heavy atom. The highest BCUT2D eigenvalue weighted by atomic mass is 16.3. The number of hydrogen-bond donors (Lipinski definition) is 1. The highest BCUT2D eigenvalue weighted by molar-refractivity contribution is 4.96. The largest absolute Gasteiger partial charge is 0.387 e. The van der Waals surface area contributed by atoms with Gasteiger partial charge in [-0.2, -0.15) is 5.10 Å². The molecule has 1 N–H and O–H groups in total. The Kier molecular flexibility index (Phi) is 2.54. The predicted molar refractivity (Wildman–Crippen MR) is 57.2 cm³/mol. The predicted octanol–water partition coefficient (Wildman–Crippen LogP) is 1.61. The third-order valence-corrected chi connectivity index (χ3v) is 3.79. The molecule has 0 spiro atoms. The van der Waals surface area contributed by atoms with Gasteiger partial charge in [0.05, 0.1) is 12.1 Å². The minimum Gasteiger partial charge on any atom is -0.387 e. The molecule has 0 saturated heterocycles. The Hall–Kier alpha value is -0.900. The lowest BCUT2D eigenvalue weighted by molar-refractivity contribution is -0.110. The topological polar surface area (TPSA) is 50.9 Å². The van der Waals surface area contributed by atoms with E-state index in [9.17, 15) is 5.11 Å². The van der Waals surface area contributed by atoms with E-state index < -0.39 is 5.60 Å². The Morgan fingerprint density at radius 3 is 2.67 bits per heavy atom. The van der Waals surface area contributed by atoms with Crippen molar-refractivity contribution in [1.29, 1.82) is 0 Å². The van der Waals surface area contributed by atoms with Gasteiger partial charge >= 0.3 is 0 Å². The number of hydrogen-bond acceptors (Lipinski definition) is 3. The van der Waals surface area contributed by atoms with E-state index in [0.29, 0.717) is 6.54 Å². The third-order valence-electron chi connectivity index (χ3n) is 3.79. The van der Waals surface area contributed by atoms with Crippen LogP contribution in [-0.4, -0.2) is 25.5 Å². The summed E-state index contributed by atoms with van der Waals surface area (Å²) in [6.07, 6.45) is 7.45. The second-order valence-corrected chi connectivity index (χ2v) is 5.22. The van der Waals surface area contributed by atoms with Gasteiger partial charge in [0.25, 0.3) is 0 Å². The van der Waals surface area contributed by atoms with Crippen molar-refractivity contribution in [2.75, 3.05) is 0 Å². The Balaban J connectivity index is 2.17. The molecule has 1 unspecified atom stereocenters. The quantitative estimate of drug-likeness (QED) is 0.805. The summed E-state index contributed by atoms with van der Waals surface area (Å²) in [7, 11) is 0. The van der Waals surface area contributed by atoms with Crippen molar-refractivity contribution >= 4 is 0 Å². The van der Waals surface area contributed by atoms with E-state index in [1.165, 1.54) is 12.7 Å². The van der Waals surface area contributed by atoms with E-state index in [4.69, 9.17) is 0 Å². The van der Waals surface area contributed by atoms with Gasteiger partial charge in [-0.1, -0.05) is 26.7 Å². The zero-order chi connectivity index (χ0) is 10.9. The van der Waals surface area contributed by atoms with E-state index in [0.717, 1.165) is 19.3 Å². The van der Waals surface area contributed by atoms with Crippen molar-refractivity contribution in [2.45, 2.75) is 51.7 Å². The summed E-state index contributed by atoms with van der Waals surface area (Å²) in [5.41, 5.74) is -0.670. The molecule has 15 heavy (non-hydrogen) atoms. The average molecular weight is 209 g/mol. The molecule has 0 amide bonds. The molecule has 0 radical (unpaired) electrons. The zero-order valence-electron chi connectivity index (χ0n) is 9.48. The summed E-state index contributed by atoms with van der Waals surface area (Å²) < 4.78 is 1.73.